The summed E-state index contributed by atoms with van der Waals surface area (Å²) in [7, 11) is 0. The fraction of sp³-hybridized carbons (Fsp3) is 0.267. The van der Waals surface area contributed by atoms with E-state index in [0.29, 0.717) is 0 Å². The number of aryl methyl sites for hydroxylation is 1. The molecular weight excluding hydrogens is 314 g/mol. The van der Waals surface area contributed by atoms with Crippen LogP contribution in [0.25, 0.3) is 5.00 Å². The second-order valence-corrected chi connectivity index (χ2v) is 6.56. The van der Waals surface area contributed by atoms with Crippen molar-refractivity contribution in [3.05, 3.63) is 40.0 Å². The molecule has 1 aliphatic rings. The Morgan fingerprint density at radius 3 is 3.09 bits per heavy atom. The number of fused-ring (bicyclic) bond motifs is 1. The zero-order valence-corrected chi connectivity index (χ0v) is 13.5. The predicted molar refractivity (Wildman–Crippen MR) is 92.5 cm³/mol. The standard InChI is InChI=1S/C15H15N5S2/c16-8-12-11-5-1-2-6-13(11)22-14(12)20-7-3-4-10(20)9-18-19-15(17)21/h3-4,7,9H,1-2,5-6H2,(H3,17,19,21). The Hall–Kier alpha value is -2.17. The van der Waals surface area contributed by atoms with Crippen molar-refractivity contribution in [3.63, 3.8) is 0 Å². The molecule has 5 nitrogen and oxygen atoms in total. The summed E-state index contributed by atoms with van der Waals surface area (Å²) in [5.74, 6) is 0. The monoisotopic (exact) mass is 329 g/mol. The highest BCUT2D eigenvalue weighted by molar-refractivity contribution is 7.80. The minimum atomic E-state index is 0.124. The lowest BCUT2D eigenvalue weighted by atomic mass is 9.96. The average Bonchev–Trinajstić information content (AvgIpc) is 3.09. The number of rotatable bonds is 3. The largest absolute Gasteiger partial charge is 0.375 e. The number of nitrogens with one attached hydrogen (secondary N) is 1. The van der Waals surface area contributed by atoms with Gasteiger partial charge in [0.1, 0.15) is 11.1 Å². The Balaban J connectivity index is 2.01. The molecule has 0 radical (unpaired) electrons. The molecule has 2 aromatic rings. The molecule has 0 unspecified atom stereocenters. The highest BCUT2D eigenvalue weighted by atomic mass is 32.1. The number of nitriles is 1. The molecule has 0 saturated carbocycles. The van der Waals surface area contributed by atoms with Crippen LogP contribution in [0.15, 0.2) is 23.4 Å². The summed E-state index contributed by atoms with van der Waals surface area (Å²) < 4.78 is 1.99. The van der Waals surface area contributed by atoms with Gasteiger partial charge in [-0.25, -0.2) is 0 Å². The van der Waals surface area contributed by atoms with E-state index >= 15 is 0 Å². The smallest absolute Gasteiger partial charge is 0.184 e. The summed E-state index contributed by atoms with van der Waals surface area (Å²) in [6.45, 7) is 0. The lowest BCUT2D eigenvalue weighted by molar-refractivity contribution is 0.695. The summed E-state index contributed by atoms with van der Waals surface area (Å²) in [4.78, 5) is 1.34. The van der Waals surface area contributed by atoms with Crippen molar-refractivity contribution in [3.8, 4) is 11.1 Å². The van der Waals surface area contributed by atoms with Gasteiger partial charge >= 0.3 is 0 Å². The van der Waals surface area contributed by atoms with Crippen LogP contribution < -0.4 is 11.2 Å². The number of hydrogen-bond acceptors (Lipinski definition) is 4. The third-order valence-electron chi connectivity index (χ3n) is 3.64. The van der Waals surface area contributed by atoms with Gasteiger partial charge < -0.3 is 10.3 Å². The van der Waals surface area contributed by atoms with Crippen LogP contribution in [0.2, 0.25) is 0 Å². The SMILES string of the molecule is N#Cc1c(-n2cccc2C=NNC(N)=S)sc2c1CCCC2. The van der Waals surface area contributed by atoms with Crippen molar-refractivity contribution < 1.29 is 0 Å². The zero-order chi connectivity index (χ0) is 15.5. The third kappa shape index (κ3) is 2.75. The first-order valence-corrected chi connectivity index (χ1v) is 8.24. The maximum atomic E-state index is 9.57. The molecule has 7 heteroatoms. The van der Waals surface area contributed by atoms with Gasteiger partial charge in [0, 0.05) is 11.1 Å². The van der Waals surface area contributed by atoms with Crippen molar-refractivity contribution >= 4 is 34.9 Å². The van der Waals surface area contributed by atoms with E-state index in [1.54, 1.807) is 17.6 Å². The molecule has 0 aliphatic heterocycles. The summed E-state index contributed by atoms with van der Waals surface area (Å²) in [5, 5.41) is 14.7. The highest BCUT2D eigenvalue weighted by Crippen LogP contribution is 2.36. The van der Waals surface area contributed by atoms with Gasteiger partial charge in [-0.3, -0.25) is 5.43 Å². The van der Waals surface area contributed by atoms with E-state index < -0.39 is 0 Å². The molecule has 3 N–H and O–H groups in total. The van der Waals surface area contributed by atoms with E-state index in [0.717, 1.165) is 35.5 Å². The van der Waals surface area contributed by atoms with Gasteiger partial charge in [-0.2, -0.15) is 10.4 Å². The average molecular weight is 329 g/mol. The van der Waals surface area contributed by atoms with Gasteiger partial charge in [-0.05, 0) is 55.6 Å². The first-order valence-electron chi connectivity index (χ1n) is 7.01. The lowest BCUT2D eigenvalue weighted by Gasteiger charge is -2.09. The number of thiophene rings is 1. The van der Waals surface area contributed by atoms with Crippen molar-refractivity contribution in [2.45, 2.75) is 25.7 Å². The van der Waals surface area contributed by atoms with Gasteiger partial charge in [-0.1, -0.05) is 0 Å². The van der Waals surface area contributed by atoms with Crippen molar-refractivity contribution in [2.24, 2.45) is 10.8 Å². The topological polar surface area (TPSA) is 79.1 Å². The van der Waals surface area contributed by atoms with Gasteiger partial charge in [0.05, 0.1) is 17.5 Å². The number of hydrazone groups is 1. The van der Waals surface area contributed by atoms with Crippen LogP contribution in [-0.4, -0.2) is 15.9 Å². The van der Waals surface area contributed by atoms with Crippen LogP contribution in [0.5, 0.6) is 0 Å². The van der Waals surface area contributed by atoms with Gasteiger partial charge in [0.15, 0.2) is 5.11 Å². The molecule has 0 fully saturated rings. The molecule has 0 aromatic carbocycles. The molecule has 112 valence electrons. The second-order valence-electron chi connectivity index (χ2n) is 5.04. The van der Waals surface area contributed by atoms with Crippen LogP contribution in [0.1, 0.15) is 34.5 Å². The minimum absolute atomic E-state index is 0.124. The van der Waals surface area contributed by atoms with Crippen LogP contribution in [0.3, 0.4) is 0 Å². The molecule has 22 heavy (non-hydrogen) atoms. The number of nitrogens with two attached hydrogens (primary N) is 1. The third-order valence-corrected chi connectivity index (χ3v) is 5.02. The van der Waals surface area contributed by atoms with Crippen LogP contribution in [0, 0.1) is 11.3 Å². The molecule has 3 rings (SSSR count). The maximum Gasteiger partial charge on any atom is 0.184 e. The summed E-state index contributed by atoms with van der Waals surface area (Å²) in [6, 6.07) is 6.25. The van der Waals surface area contributed by atoms with Crippen LogP contribution in [0.4, 0.5) is 0 Å². The van der Waals surface area contributed by atoms with Crippen molar-refractivity contribution in [1.29, 1.82) is 5.26 Å². The molecule has 2 aromatic heterocycles. The molecule has 2 heterocycles. The fourth-order valence-corrected chi connectivity index (χ4v) is 4.08. The first-order chi connectivity index (χ1) is 10.7. The number of nitrogens with zero attached hydrogens (tertiary/aromatic N) is 3. The highest BCUT2D eigenvalue weighted by Gasteiger charge is 2.22. The number of hydrogen-bond donors (Lipinski definition) is 2. The Kier molecular flexibility index (Phi) is 4.22. The van der Waals surface area contributed by atoms with E-state index in [1.165, 1.54) is 16.9 Å². The van der Waals surface area contributed by atoms with Crippen LogP contribution >= 0.6 is 23.6 Å². The molecule has 0 amide bonds. The Labute approximate surface area is 138 Å². The quantitative estimate of drug-likeness (QED) is 0.515. The van der Waals surface area contributed by atoms with E-state index in [-0.39, 0.29) is 5.11 Å². The summed E-state index contributed by atoms with van der Waals surface area (Å²) in [5.41, 5.74) is 10.8. The normalized spacial score (nSPS) is 13.8. The van der Waals surface area contributed by atoms with E-state index in [9.17, 15) is 5.26 Å². The molecule has 0 spiro atoms. The molecule has 0 atom stereocenters. The van der Waals surface area contributed by atoms with E-state index in [1.807, 2.05) is 22.9 Å². The Morgan fingerprint density at radius 2 is 2.32 bits per heavy atom. The van der Waals surface area contributed by atoms with E-state index in [4.69, 9.17) is 18.0 Å². The van der Waals surface area contributed by atoms with Gasteiger partial charge in [0.25, 0.3) is 0 Å². The fourth-order valence-electron chi connectivity index (χ4n) is 2.68. The first kappa shape index (κ1) is 14.8. The summed E-state index contributed by atoms with van der Waals surface area (Å²) in [6.07, 6.45) is 8.04. The summed E-state index contributed by atoms with van der Waals surface area (Å²) >= 11 is 6.43. The Morgan fingerprint density at radius 1 is 1.50 bits per heavy atom. The van der Waals surface area contributed by atoms with Crippen molar-refractivity contribution in [2.75, 3.05) is 0 Å². The second kappa shape index (κ2) is 6.30. The van der Waals surface area contributed by atoms with Gasteiger partial charge in [-0.15, -0.1) is 11.3 Å². The maximum absolute atomic E-state index is 9.57. The Bertz CT molecular complexity index is 778. The predicted octanol–water partition coefficient (Wildman–Crippen LogP) is 2.46. The van der Waals surface area contributed by atoms with E-state index in [2.05, 4.69) is 16.6 Å². The number of thiocarbonyl (C=S) groups is 1. The minimum Gasteiger partial charge on any atom is -0.375 e. The molecule has 0 bridgehead atoms. The zero-order valence-electron chi connectivity index (χ0n) is 11.9. The van der Waals surface area contributed by atoms with Gasteiger partial charge in [0.2, 0.25) is 0 Å². The molecule has 0 saturated heterocycles. The molecule has 1 aliphatic carbocycles. The lowest BCUT2D eigenvalue weighted by Crippen LogP contribution is -2.24. The van der Waals surface area contributed by atoms with Crippen molar-refractivity contribution in [1.82, 2.24) is 9.99 Å². The molecular formula is C15H15N5S2. The van der Waals surface area contributed by atoms with Crippen LogP contribution in [-0.2, 0) is 12.8 Å². The number of aromatic nitrogens is 1.